The second-order valence-electron chi connectivity index (χ2n) is 7.26. The Bertz CT molecular complexity index is 937. The molecule has 0 aliphatic carbocycles. The minimum atomic E-state index is 0.0495. The van der Waals surface area contributed by atoms with Gasteiger partial charge in [-0.05, 0) is 61.6 Å². The Balaban J connectivity index is 1.44. The van der Waals surface area contributed by atoms with Crippen molar-refractivity contribution in [1.82, 2.24) is 20.1 Å². The van der Waals surface area contributed by atoms with E-state index in [1.807, 2.05) is 54.4 Å². The molecule has 1 fully saturated rings. The number of aromatic nitrogens is 3. The maximum atomic E-state index is 13.0. The summed E-state index contributed by atoms with van der Waals surface area (Å²) in [5.74, 6) is 1.06. The van der Waals surface area contributed by atoms with Gasteiger partial charge >= 0.3 is 0 Å². The van der Waals surface area contributed by atoms with Crippen LogP contribution in [0.25, 0.3) is 11.1 Å². The molecule has 0 radical (unpaired) electrons. The van der Waals surface area contributed by atoms with Crippen LogP contribution in [0.2, 0.25) is 0 Å². The van der Waals surface area contributed by atoms with E-state index >= 15 is 0 Å². The number of nitrogens with zero attached hydrogens (tertiary/aromatic N) is 3. The third kappa shape index (κ3) is 4.31. The third-order valence-corrected chi connectivity index (χ3v) is 5.43. The molecule has 4 rings (SSSR count). The maximum Gasteiger partial charge on any atom is 0.223 e. The standard InChI is InChI=1S/C23H26N4O2/c1-2-29-19-8-5-17(6-9-19)7-10-22(28)27-15-3-4-21(27)23-20(16-25-26-23)18-11-13-24-14-12-18/h5-6,8-9,11-14,16,21H,2-4,7,10,15H2,1H3,(H,25,26)/t21-/m0/s1. The van der Waals surface area contributed by atoms with Crippen molar-refractivity contribution in [3.63, 3.8) is 0 Å². The molecule has 1 N–H and O–H groups in total. The summed E-state index contributed by atoms with van der Waals surface area (Å²) in [7, 11) is 0. The third-order valence-electron chi connectivity index (χ3n) is 5.43. The number of carbonyl (C=O) groups excluding carboxylic acids is 1. The molecular weight excluding hydrogens is 364 g/mol. The fraction of sp³-hybridized carbons (Fsp3) is 0.348. The molecule has 1 aromatic carbocycles. The lowest BCUT2D eigenvalue weighted by atomic mass is 10.0. The van der Waals surface area contributed by atoms with Gasteiger partial charge < -0.3 is 9.64 Å². The number of benzene rings is 1. The van der Waals surface area contributed by atoms with Gasteiger partial charge in [-0.3, -0.25) is 14.9 Å². The SMILES string of the molecule is CCOc1ccc(CCC(=O)N2CCC[C@H]2c2[nH]ncc2-c2ccncc2)cc1. The first-order valence-corrected chi connectivity index (χ1v) is 10.2. The molecular formula is C23H26N4O2. The Labute approximate surface area is 170 Å². The number of rotatable bonds is 7. The van der Waals surface area contributed by atoms with Crippen LogP contribution in [0.15, 0.2) is 55.0 Å². The Morgan fingerprint density at radius 3 is 2.76 bits per heavy atom. The molecule has 0 saturated carbocycles. The summed E-state index contributed by atoms with van der Waals surface area (Å²) in [6, 6.07) is 12.0. The van der Waals surface area contributed by atoms with Gasteiger partial charge in [-0.1, -0.05) is 12.1 Å². The van der Waals surface area contributed by atoms with Gasteiger partial charge in [-0.2, -0.15) is 5.10 Å². The van der Waals surface area contributed by atoms with E-state index in [2.05, 4.69) is 15.2 Å². The van der Waals surface area contributed by atoms with Crippen LogP contribution in [-0.2, 0) is 11.2 Å². The summed E-state index contributed by atoms with van der Waals surface area (Å²) in [5, 5.41) is 7.40. The number of ether oxygens (including phenoxy) is 1. The lowest BCUT2D eigenvalue weighted by molar-refractivity contribution is -0.132. The number of likely N-dealkylation sites (tertiary alicyclic amines) is 1. The van der Waals surface area contributed by atoms with Crippen LogP contribution in [0.5, 0.6) is 5.75 Å². The Morgan fingerprint density at radius 1 is 1.21 bits per heavy atom. The number of aromatic amines is 1. The average Bonchev–Trinajstić information content (AvgIpc) is 3.43. The number of aryl methyl sites for hydroxylation is 1. The molecule has 1 aliphatic heterocycles. The number of H-pyrrole nitrogens is 1. The summed E-state index contributed by atoms with van der Waals surface area (Å²) < 4.78 is 5.48. The minimum absolute atomic E-state index is 0.0495. The van der Waals surface area contributed by atoms with E-state index in [-0.39, 0.29) is 11.9 Å². The van der Waals surface area contributed by atoms with Crippen LogP contribution in [0.1, 0.15) is 43.5 Å². The average molecular weight is 390 g/mol. The largest absolute Gasteiger partial charge is 0.494 e. The monoisotopic (exact) mass is 390 g/mol. The predicted molar refractivity (Wildman–Crippen MR) is 111 cm³/mol. The van der Waals surface area contributed by atoms with Gasteiger partial charge in [-0.25, -0.2) is 0 Å². The summed E-state index contributed by atoms with van der Waals surface area (Å²) >= 11 is 0. The molecule has 0 unspecified atom stereocenters. The molecule has 3 aromatic rings. The zero-order chi connectivity index (χ0) is 20.1. The predicted octanol–water partition coefficient (Wildman–Crippen LogP) is 4.17. The zero-order valence-electron chi connectivity index (χ0n) is 16.7. The molecule has 29 heavy (non-hydrogen) atoms. The lowest BCUT2D eigenvalue weighted by Crippen LogP contribution is -2.31. The van der Waals surface area contributed by atoms with Crippen molar-refractivity contribution in [3.05, 3.63) is 66.2 Å². The van der Waals surface area contributed by atoms with E-state index in [0.717, 1.165) is 53.9 Å². The summed E-state index contributed by atoms with van der Waals surface area (Å²) in [6.07, 6.45) is 8.59. The molecule has 1 aliphatic rings. The Morgan fingerprint density at radius 2 is 2.00 bits per heavy atom. The van der Waals surface area contributed by atoms with Gasteiger partial charge in [0.1, 0.15) is 5.75 Å². The second-order valence-corrected chi connectivity index (χ2v) is 7.26. The molecule has 1 amide bonds. The maximum absolute atomic E-state index is 13.0. The highest BCUT2D eigenvalue weighted by Crippen LogP contribution is 2.36. The number of hydrogen-bond acceptors (Lipinski definition) is 4. The van der Waals surface area contributed by atoms with Crippen LogP contribution < -0.4 is 4.74 Å². The van der Waals surface area contributed by atoms with Crippen LogP contribution in [0.3, 0.4) is 0 Å². The van der Waals surface area contributed by atoms with Crippen molar-refractivity contribution in [2.45, 2.75) is 38.6 Å². The number of hydrogen-bond donors (Lipinski definition) is 1. The van der Waals surface area contributed by atoms with Gasteiger partial charge in [0.15, 0.2) is 0 Å². The van der Waals surface area contributed by atoms with Crippen molar-refractivity contribution in [2.75, 3.05) is 13.2 Å². The molecule has 3 heterocycles. The lowest BCUT2D eigenvalue weighted by Gasteiger charge is -2.25. The fourth-order valence-corrected chi connectivity index (χ4v) is 3.99. The normalized spacial score (nSPS) is 16.2. The number of pyridine rings is 1. The van der Waals surface area contributed by atoms with Crippen molar-refractivity contribution in [1.29, 1.82) is 0 Å². The Hall–Kier alpha value is -3.15. The highest BCUT2D eigenvalue weighted by atomic mass is 16.5. The molecule has 6 heteroatoms. The van der Waals surface area contributed by atoms with Crippen molar-refractivity contribution in [3.8, 4) is 16.9 Å². The zero-order valence-corrected chi connectivity index (χ0v) is 16.7. The van der Waals surface area contributed by atoms with E-state index in [4.69, 9.17) is 4.74 Å². The molecule has 2 aromatic heterocycles. The fourth-order valence-electron chi connectivity index (χ4n) is 3.99. The molecule has 6 nitrogen and oxygen atoms in total. The highest BCUT2D eigenvalue weighted by molar-refractivity contribution is 5.78. The number of amides is 1. The van der Waals surface area contributed by atoms with Crippen LogP contribution in [0, 0.1) is 0 Å². The van der Waals surface area contributed by atoms with Crippen molar-refractivity contribution < 1.29 is 9.53 Å². The van der Waals surface area contributed by atoms with E-state index in [1.54, 1.807) is 12.4 Å². The van der Waals surface area contributed by atoms with Crippen molar-refractivity contribution >= 4 is 5.91 Å². The van der Waals surface area contributed by atoms with Crippen LogP contribution >= 0.6 is 0 Å². The molecule has 150 valence electrons. The first-order chi connectivity index (χ1) is 14.3. The first-order valence-electron chi connectivity index (χ1n) is 10.2. The smallest absolute Gasteiger partial charge is 0.223 e. The molecule has 0 spiro atoms. The van der Waals surface area contributed by atoms with E-state index < -0.39 is 0 Å². The van der Waals surface area contributed by atoms with E-state index in [1.165, 1.54) is 0 Å². The summed E-state index contributed by atoms with van der Waals surface area (Å²) in [4.78, 5) is 19.1. The quantitative estimate of drug-likeness (QED) is 0.657. The van der Waals surface area contributed by atoms with Gasteiger partial charge in [-0.15, -0.1) is 0 Å². The number of carbonyl (C=O) groups is 1. The molecule has 1 saturated heterocycles. The van der Waals surface area contributed by atoms with Gasteiger partial charge in [0.05, 0.1) is 24.5 Å². The summed E-state index contributed by atoms with van der Waals surface area (Å²) in [5.41, 5.74) is 4.28. The van der Waals surface area contributed by atoms with Crippen LogP contribution in [0.4, 0.5) is 0 Å². The Kier molecular flexibility index (Phi) is 5.89. The summed E-state index contributed by atoms with van der Waals surface area (Å²) in [6.45, 7) is 3.42. The van der Waals surface area contributed by atoms with E-state index in [9.17, 15) is 4.79 Å². The number of nitrogens with one attached hydrogen (secondary N) is 1. The minimum Gasteiger partial charge on any atom is -0.494 e. The topological polar surface area (TPSA) is 71.1 Å². The van der Waals surface area contributed by atoms with Gasteiger partial charge in [0, 0.05) is 30.9 Å². The van der Waals surface area contributed by atoms with Gasteiger partial charge in [0.2, 0.25) is 5.91 Å². The second kappa shape index (κ2) is 8.90. The van der Waals surface area contributed by atoms with E-state index in [0.29, 0.717) is 13.0 Å². The van der Waals surface area contributed by atoms with Crippen LogP contribution in [-0.4, -0.2) is 39.1 Å². The first kappa shape index (κ1) is 19.2. The highest BCUT2D eigenvalue weighted by Gasteiger charge is 2.32. The van der Waals surface area contributed by atoms with Crippen molar-refractivity contribution in [2.24, 2.45) is 0 Å². The molecule has 1 atom stereocenters. The van der Waals surface area contributed by atoms with Gasteiger partial charge in [0.25, 0.3) is 0 Å². The molecule has 0 bridgehead atoms.